The first kappa shape index (κ1) is 24.7. The van der Waals surface area contributed by atoms with Crippen LogP contribution >= 0.6 is 11.6 Å². The van der Waals surface area contributed by atoms with Gasteiger partial charge in [0.15, 0.2) is 0 Å². The number of halogens is 1. The molecule has 6 heteroatoms. The van der Waals surface area contributed by atoms with Crippen LogP contribution in [0.4, 0.5) is 11.4 Å². The van der Waals surface area contributed by atoms with Crippen molar-refractivity contribution >= 4 is 45.6 Å². The third kappa shape index (κ3) is 9.17. The molecular weight excluding hydrogens is 402 g/mol. The van der Waals surface area contributed by atoms with Gasteiger partial charge in [-0.3, -0.25) is 0 Å². The molecule has 1 atom stereocenters. The Balaban J connectivity index is 0.000000960. The molecule has 2 rings (SSSR count). The van der Waals surface area contributed by atoms with Crippen LogP contribution in [0.2, 0.25) is 5.02 Å². The number of nitrogens with zero attached hydrogens (tertiary/aromatic N) is 1. The van der Waals surface area contributed by atoms with Crippen LogP contribution in [-0.4, -0.2) is 16.5 Å². The summed E-state index contributed by atoms with van der Waals surface area (Å²) in [4.78, 5) is 0. The zero-order chi connectivity index (χ0) is 21.8. The molecule has 156 valence electrons. The second-order valence-electron chi connectivity index (χ2n) is 6.98. The van der Waals surface area contributed by atoms with Gasteiger partial charge in [-0.15, -0.1) is 0 Å². The maximum Gasteiger partial charge on any atom is 0.116 e. The summed E-state index contributed by atoms with van der Waals surface area (Å²) in [5, 5.41) is 13.4. The summed E-state index contributed by atoms with van der Waals surface area (Å²) >= 11 is 6.10. The Morgan fingerprint density at radius 1 is 1.17 bits per heavy atom. The SMILES string of the molecule is CC(C)C.CCNc1ccc(Cl)cc1/C(C#N)=C/c1ccc(NS(=O)CC)cc1. The van der Waals surface area contributed by atoms with Gasteiger partial charge in [0.25, 0.3) is 0 Å². The van der Waals surface area contributed by atoms with Crippen molar-refractivity contribution in [3.63, 3.8) is 0 Å². The molecule has 0 aliphatic heterocycles. The van der Waals surface area contributed by atoms with Crippen LogP contribution in [0.1, 0.15) is 45.7 Å². The number of allylic oxidation sites excluding steroid dienone is 1. The van der Waals surface area contributed by atoms with Gasteiger partial charge in [0.05, 0.1) is 11.6 Å². The predicted octanol–water partition coefficient (Wildman–Crippen LogP) is 6.59. The number of nitriles is 1. The van der Waals surface area contributed by atoms with Crippen LogP contribution in [0.5, 0.6) is 0 Å². The molecule has 2 aromatic rings. The number of benzene rings is 2. The van der Waals surface area contributed by atoms with Gasteiger partial charge in [0.2, 0.25) is 0 Å². The zero-order valence-corrected chi connectivity index (χ0v) is 19.3. The smallest absolute Gasteiger partial charge is 0.116 e. The van der Waals surface area contributed by atoms with E-state index >= 15 is 0 Å². The van der Waals surface area contributed by atoms with Crippen LogP contribution in [0, 0.1) is 17.2 Å². The fourth-order valence-electron chi connectivity index (χ4n) is 2.27. The largest absolute Gasteiger partial charge is 0.385 e. The summed E-state index contributed by atoms with van der Waals surface area (Å²) in [6, 6.07) is 15.2. The van der Waals surface area contributed by atoms with Crippen molar-refractivity contribution in [1.29, 1.82) is 5.26 Å². The lowest BCUT2D eigenvalue weighted by molar-refractivity contribution is 0.687. The molecule has 0 bridgehead atoms. The number of nitrogens with one attached hydrogen (secondary N) is 2. The van der Waals surface area contributed by atoms with E-state index in [0.717, 1.165) is 35.0 Å². The first-order chi connectivity index (χ1) is 13.8. The molecule has 2 aromatic carbocycles. The minimum absolute atomic E-state index is 0.524. The van der Waals surface area contributed by atoms with Gasteiger partial charge >= 0.3 is 0 Å². The number of rotatable bonds is 7. The van der Waals surface area contributed by atoms with E-state index in [4.69, 9.17) is 11.6 Å². The molecule has 0 saturated heterocycles. The standard InChI is InChI=1S/C19H20ClN3OS.C4H10/c1-3-22-19-10-7-16(20)12-18(19)15(13-21)11-14-5-8-17(9-6-14)23-25(24)4-2;1-4(2)3/h5-12,22-23H,3-4H2,1-2H3;4H,1-3H3/b15-11+;. The number of hydrogen-bond donors (Lipinski definition) is 2. The minimum atomic E-state index is -1.08. The van der Waals surface area contributed by atoms with Gasteiger partial charge in [-0.25, -0.2) is 4.21 Å². The molecule has 0 fully saturated rings. The third-order valence-electron chi connectivity index (χ3n) is 3.48. The van der Waals surface area contributed by atoms with E-state index in [1.165, 1.54) is 0 Å². The Morgan fingerprint density at radius 2 is 1.79 bits per heavy atom. The highest BCUT2D eigenvalue weighted by atomic mass is 35.5. The van der Waals surface area contributed by atoms with E-state index in [9.17, 15) is 9.47 Å². The molecule has 0 aliphatic rings. The fourth-order valence-corrected chi connectivity index (χ4v) is 2.99. The Bertz CT molecular complexity index is 868. The molecule has 1 unspecified atom stereocenters. The second-order valence-corrected chi connectivity index (χ2v) is 8.89. The van der Waals surface area contributed by atoms with Crippen molar-refractivity contribution < 1.29 is 4.21 Å². The maximum absolute atomic E-state index is 11.5. The Morgan fingerprint density at radius 3 is 2.31 bits per heavy atom. The van der Waals surface area contributed by atoms with Crippen LogP contribution in [0.15, 0.2) is 42.5 Å². The summed E-state index contributed by atoms with van der Waals surface area (Å²) in [6.45, 7) is 11.1. The molecule has 0 heterocycles. The maximum atomic E-state index is 11.5. The first-order valence-electron chi connectivity index (χ1n) is 9.71. The van der Waals surface area contributed by atoms with Gasteiger partial charge in [-0.2, -0.15) is 5.26 Å². The zero-order valence-electron chi connectivity index (χ0n) is 17.8. The van der Waals surface area contributed by atoms with Crippen molar-refractivity contribution in [3.8, 4) is 6.07 Å². The van der Waals surface area contributed by atoms with Crippen molar-refractivity contribution in [2.45, 2.75) is 34.6 Å². The topological polar surface area (TPSA) is 64.9 Å². The van der Waals surface area contributed by atoms with Gasteiger partial charge in [-0.05, 0) is 54.8 Å². The highest BCUT2D eigenvalue weighted by molar-refractivity contribution is 7.86. The molecule has 2 N–H and O–H groups in total. The lowest BCUT2D eigenvalue weighted by Gasteiger charge is -2.11. The lowest BCUT2D eigenvalue weighted by Crippen LogP contribution is -2.05. The monoisotopic (exact) mass is 431 g/mol. The van der Waals surface area contributed by atoms with E-state index in [1.807, 2.05) is 50.3 Å². The Labute approximate surface area is 182 Å². The predicted molar refractivity (Wildman–Crippen MR) is 128 cm³/mol. The first-order valence-corrected chi connectivity index (χ1v) is 11.4. The molecule has 0 aromatic heterocycles. The molecule has 0 spiro atoms. The van der Waals surface area contributed by atoms with Gasteiger partial charge in [0, 0.05) is 34.3 Å². The number of anilines is 2. The van der Waals surface area contributed by atoms with E-state index in [1.54, 1.807) is 12.1 Å². The van der Waals surface area contributed by atoms with Crippen LogP contribution < -0.4 is 10.0 Å². The van der Waals surface area contributed by atoms with E-state index in [-0.39, 0.29) is 0 Å². The van der Waals surface area contributed by atoms with Crippen molar-refractivity contribution in [1.82, 2.24) is 0 Å². The van der Waals surface area contributed by atoms with Gasteiger partial charge in [0.1, 0.15) is 11.0 Å². The molecule has 0 radical (unpaired) electrons. The third-order valence-corrected chi connectivity index (χ3v) is 4.70. The lowest BCUT2D eigenvalue weighted by atomic mass is 10.0. The molecule has 0 amide bonds. The molecule has 4 nitrogen and oxygen atoms in total. The van der Waals surface area contributed by atoms with Crippen molar-refractivity contribution in [2.75, 3.05) is 22.3 Å². The summed E-state index contributed by atoms with van der Waals surface area (Å²) in [5.74, 6) is 1.38. The van der Waals surface area contributed by atoms with Crippen LogP contribution in [0.25, 0.3) is 11.6 Å². The summed E-state index contributed by atoms with van der Waals surface area (Å²) in [5.41, 5.74) is 3.83. The van der Waals surface area contributed by atoms with E-state index in [2.05, 4.69) is 36.9 Å². The second kappa shape index (κ2) is 13.0. The normalized spacial score (nSPS) is 11.9. The average Bonchev–Trinajstić information content (AvgIpc) is 2.68. The Kier molecular flexibility index (Phi) is 11.1. The highest BCUT2D eigenvalue weighted by Crippen LogP contribution is 2.28. The quantitative estimate of drug-likeness (QED) is 0.383. The van der Waals surface area contributed by atoms with E-state index < -0.39 is 11.0 Å². The Hall–Kier alpha value is -2.29. The van der Waals surface area contributed by atoms with Crippen LogP contribution in [0.3, 0.4) is 0 Å². The van der Waals surface area contributed by atoms with Crippen molar-refractivity contribution in [2.24, 2.45) is 5.92 Å². The van der Waals surface area contributed by atoms with E-state index in [0.29, 0.717) is 16.3 Å². The van der Waals surface area contributed by atoms with Gasteiger partial charge in [-0.1, -0.05) is 51.4 Å². The highest BCUT2D eigenvalue weighted by Gasteiger charge is 2.09. The average molecular weight is 432 g/mol. The summed E-state index contributed by atoms with van der Waals surface area (Å²) < 4.78 is 14.4. The minimum Gasteiger partial charge on any atom is -0.385 e. The summed E-state index contributed by atoms with van der Waals surface area (Å²) in [6.07, 6.45) is 1.81. The molecule has 29 heavy (non-hydrogen) atoms. The number of hydrogen-bond acceptors (Lipinski definition) is 3. The van der Waals surface area contributed by atoms with Crippen molar-refractivity contribution in [3.05, 3.63) is 58.6 Å². The molecule has 0 saturated carbocycles. The summed E-state index contributed by atoms with van der Waals surface area (Å²) in [7, 11) is -1.08. The molecule has 0 aliphatic carbocycles. The molecular formula is C23H30ClN3OS. The van der Waals surface area contributed by atoms with Gasteiger partial charge < -0.3 is 10.0 Å². The fraction of sp³-hybridized carbons (Fsp3) is 0.348. The van der Waals surface area contributed by atoms with Crippen LogP contribution in [-0.2, 0) is 11.0 Å².